The molecule has 3 heteroatoms. The Labute approximate surface area is 187 Å². The normalized spacial score (nSPS) is 19.9. The Hall–Kier alpha value is -2.29. The molecule has 0 N–H and O–H groups in total. The van der Waals surface area contributed by atoms with Crippen molar-refractivity contribution in [1.29, 1.82) is 0 Å². The van der Waals surface area contributed by atoms with Gasteiger partial charge in [0.1, 0.15) is 5.78 Å². The van der Waals surface area contributed by atoms with Gasteiger partial charge in [0.25, 0.3) is 0 Å². The van der Waals surface area contributed by atoms with Crippen LogP contribution in [0.4, 0.5) is 0 Å². The second-order valence-electron chi connectivity index (χ2n) is 9.10. The molecule has 3 nitrogen and oxygen atoms in total. The molecule has 0 radical (unpaired) electrons. The second kappa shape index (κ2) is 11.9. The van der Waals surface area contributed by atoms with E-state index >= 15 is 0 Å². The fourth-order valence-electron chi connectivity index (χ4n) is 4.89. The van der Waals surface area contributed by atoms with Crippen molar-refractivity contribution in [2.45, 2.75) is 84.0 Å². The number of carbonyl (C=O) groups is 2. The lowest BCUT2D eigenvalue weighted by Gasteiger charge is -2.29. The Bertz CT molecular complexity index is 828. The van der Waals surface area contributed by atoms with Crippen molar-refractivity contribution in [2.24, 2.45) is 11.8 Å². The smallest absolute Gasteiger partial charge is 0.156 e. The van der Waals surface area contributed by atoms with E-state index in [4.69, 9.17) is 4.98 Å². The fraction of sp³-hybridized carbons (Fsp3) is 0.536. The van der Waals surface area contributed by atoms with Crippen LogP contribution in [0.25, 0.3) is 0 Å². The summed E-state index contributed by atoms with van der Waals surface area (Å²) in [5.41, 5.74) is 2.91. The number of carbonyl (C=O) groups excluding carboxylic acids is 2. The summed E-state index contributed by atoms with van der Waals surface area (Å²) >= 11 is 0. The van der Waals surface area contributed by atoms with Gasteiger partial charge in [-0.1, -0.05) is 82.3 Å². The average Bonchev–Trinajstić information content (AvgIpc) is 2.79. The number of ketones is 2. The van der Waals surface area contributed by atoms with Gasteiger partial charge in [-0.2, -0.15) is 0 Å². The number of aromatic nitrogens is 1. The Morgan fingerprint density at radius 3 is 2.45 bits per heavy atom. The molecule has 3 rings (SSSR count). The number of hydrogen-bond donors (Lipinski definition) is 0. The lowest BCUT2D eigenvalue weighted by atomic mass is 9.73. The van der Waals surface area contributed by atoms with Gasteiger partial charge in [0.2, 0.25) is 0 Å². The zero-order valence-electron chi connectivity index (χ0n) is 19.2. The third-order valence-corrected chi connectivity index (χ3v) is 6.66. The predicted molar refractivity (Wildman–Crippen MR) is 126 cm³/mol. The van der Waals surface area contributed by atoms with Crippen LogP contribution in [0.5, 0.6) is 0 Å². The molecule has 1 fully saturated rings. The van der Waals surface area contributed by atoms with Gasteiger partial charge in [-0.15, -0.1) is 0 Å². The summed E-state index contributed by atoms with van der Waals surface area (Å²) in [7, 11) is 0. The largest absolute Gasteiger partial charge is 0.299 e. The van der Waals surface area contributed by atoms with E-state index in [-0.39, 0.29) is 11.6 Å². The molecular formula is C28H37NO2. The van der Waals surface area contributed by atoms with Crippen LogP contribution in [0.3, 0.4) is 0 Å². The molecule has 1 saturated carbocycles. The maximum atomic E-state index is 13.6. The highest BCUT2D eigenvalue weighted by molar-refractivity contribution is 6.06. The Morgan fingerprint density at radius 2 is 1.81 bits per heavy atom. The van der Waals surface area contributed by atoms with Crippen molar-refractivity contribution >= 4 is 11.6 Å². The number of aryl methyl sites for hydroxylation is 1. The van der Waals surface area contributed by atoms with E-state index in [0.717, 1.165) is 36.9 Å². The summed E-state index contributed by atoms with van der Waals surface area (Å²) in [4.78, 5) is 31.2. The fourth-order valence-corrected chi connectivity index (χ4v) is 4.89. The molecule has 0 aliphatic heterocycles. The predicted octanol–water partition coefficient (Wildman–Crippen LogP) is 6.69. The lowest BCUT2D eigenvalue weighted by molar-refractivity contribution is -0.135. The van der Waals surface area contributed by atoms with E-state index < -0.39 is 11.8 Å². The number of rotatable bonds is 11. The summed E-state index contributed by atoms with van der Waals surface area (Å²) in [5.74, 6) is -0.361. The molecular weight excluding hydrogens is 382 g/mol. The molecule has 3 atom stereocenters. The van der Waals surface area contributed by atoms with Gasteiger partial charge in [0.05, 0.1) is 17.5 Å². The summed E-state index contributed by atoms with van der Waals surface area (Å²) < 4.78 is 0. The van der Waals surface area contributed by atoms with Crippen molar-refractivity contribution < 1.29 is 9.59 Å². The maximum Gasteiger partial charge on any atom is 0.156 e. The van der Waals surface area contributed by atoms with E-state index in [1.807, 2.05) is 42.6 Å². The molecule has 1 aliphatic rings. The van der Waals surface area contributed by atoms with Crippen LogP contribution in [0.1, 0.15) is 94.4 Å². The zero-order chi connectivity index (χ0) is 22.1. The second-order valence-corrected chi connectivity index (χ2v) is 9.10. The zero-order valence-corrected chi connectivity index (χ0v) is 19.2. The van der Waals surface area contributed by atoms with Gasteiger partial charge < -0.3 is 0 Å². The van der Waals surface area contributed by atoms with Crippen molar-refractivity contribution in [3.8, 4) is 0 Å². The number of pyridine rings is 1. The maximum absolute atomic E-state index is 13.6. The van der Waals surface area contributed by atoms with Gasteiger partial charge in [-0.05, 0) is 48.8 Å². The van der Waals surface area contributed by atoms with Crippen LogP contribution >= 0.6 is 0 Å². The van der Waals surface area contributed by atoms with Crippen LogP contribution in [0.2, 0.25) is 0 Å². The molecule has 1 aromatic carbocycles. The Morgan fingerprint density at radius 1 is 1.00 bits per heavy atom. The van der Waals surface area contributed by atoms with E-state index in [1.54, 1.807) is 0 Å². The molecule has 0 saturated heterocycles. The number of unbranched alkanes of at least 4 members (excludes halogenated alkanes) is 3. The van der Waals surface area contributed by atoms with Crippen LogP contribution in [0.15, 0.2) is 48.7 Å². The number of benzene rings is 1. The molecule has 1 heterocycles. The molecule has 2 aromatic rings. The summed E-state index contributed by atoms with van der Waals surface area (Å²) in [6.07, 6.45) is 12.2. The van der Waals surface area contributed by atoms with Crippen molar-refractivity contribution in [1.82, 2.24) is 4.98 Å². The topological polar surface area (TPSA) is 47.0 Å². The highest BCUT2D eigenvalue weighted by Crippen LogP contribution is 2.35. The first kappa shape index (κ1) is 23.4. The molecule has 0 amide bonds. The van der Waals surface area contributed by atoms with E-state index in [1.165, 1.54) is 31.2 Å². The third kappa shape index (κ3) is 6.35. The molecule has 0 spiro atoms. The van der Waals surface area contributed by atoms with Gasteiger partial charge in [0, 0.05) is 12.6 Å². The molecule has 31 heavy (non-hydrogen) atoms. The summed E-state index contributed by atoms with van der Waals surface area (Å²) in [6, 6.07) is 13.9. The molecule has 166 valence electrons. The van der Waals surface area contributed by atoms with E-state index in [2.05, 4.69) is 19.9 Å². The van der Waals surface area contributed by atoms with Crippen LogP contribution in [0, 0.1) is 11.8 Å². The van der Waals surface area contributed by atoms with Crippen molar-refractivity contribution in [2.75, 3.05) is 0 Å². The molecule has 0 bridgehead atoms. The minimum Gasteiger partial charge on any atom is -0.299 e. The van der Waals surface area contributed by atoms with E-state index in [9.17, 15) is 9.59 Å². The minimum atomic E-state index is -0.492. The third-order valence-electron chi connectivity index (χ3n) is 6.66. The van der Waals surface area contributed by atoms with Gasteiger partial charge in [-0.3, -0.25) is 14.6 Å². The van der Waals surface area contributed by atoms with Gasteiger partial charge >= 0.3 is 0 Å². The Balaban J connectivity index is 1.78. The first-order valence-corrected chi connectivity index (χ1v) is 12.2. The molecule has 1 aliphatic carbocycles. The highest BCUT2D eigenvalue weighted by atomic mass is 16.2. The first-order chi connectivity index (χ1) is 15.1. The van der Waals surface area contributed by atoms with Gasteiger partial charge in [-0.25, -0.2) is 0 Å². The highest BCUT2D eigenvalue weighted by Gasteiger charge is 2.38. The van der Waals surface area contributed by atoms with Crippen molar-refractivity contribution in [3.05, 3.63) is 65.5 Å². The number of Topliss-reactive ketones (excluding diaryl/α,β-unsaturated/α-hetero) is 2. The van der Waals surface area contributed by atoms with Crippen LogP contribution < -0.4 is 0 Å². The van der Waals surface area contributed by atoms with E-state index in [0.29, 0.717) is 18.8 Å². The Kier molecular flexibility index (Phi) is 8.99. The SMILES string of the molecule is CCCCCCc1ccc(C(C(=O)C2CCC(CCC)CC2=O)c2ccccc2)nc1. The average molecular weight is 420 g/mol. The van der Waals surface area contributed by atoms with Gasteiger partial charge in [0.15, 0.2) is 5.78 Å². The quantitative estimate of drug-likeness (QED) is 0.301. The summed E-state index contributed by atoms with van der Waals surface area (Å²) in [6.45, 7) is 4.38. The molecule has 3 unspecified atom stereocenters. The molecule has 1 aromatic heterocycles. The summed E-state index contributed by atoms with van der Waals surface area (Å²) in [5, 5.41) is 0. The first-order valence-electron chi connectivity index (χ1n) is 12.2. The lowest BCUT2D eigenvalue weighted by Crippen LogP contribution is -2.34. The van der Waals surface area contributed by atoms with Crippen LogP contribution in [-0.4, -0.2) is 16.6 Å². The monoisotopic (exact) mass is 419 g/mol. The number of hydrogen-bond acceptors (Lipinski definition) is 3. The minimum absolute atomic E-state index is 0.0225. The van der Waals surface area contributed by atoms with Crippen molar-refractivity contribution in [3.63, 3.8) is 0 Å². The van der Waals surface area contributed by atoms with Crippen LogP contribution in [-0.2, 0) is 16.0 Å². The number of nitrogens with zero attached hydrogens (tertiary/aromatic N) is 1. The standard InChI is InChI=1S/C28H37NO2/c1-3-5-6-8-12-22-16-18-25(29-20-22)27(23-13-9-7-10-14-23)28(31)24-17-15-21(11-4-2)19-26(24)30/h7,9-10,13-14,16,18,20-21,24,27H,3-6,8,11-12,15,17,19H2,1-2H3.